The molecule has 108 valence electrons. The molecule has 0 aromatic heterocycles. The second-order valence-corrected chi connectivity index (χ2v) is 5.07. The first-order valence-electron chi connectivity index (χ1n) is 6.84. The molecule has 1 N–H and O–H groups in total. The van der Waals surface area contributed by atoms with Crippen molar-refractivity contribution >= 4 is 11.8 Å². The van der Waals surface area contributed by atoms with Crippen molar-refractivity contribution < 1.29 is 14.7 Å². The summed E-state index contributed by atoms with van der Waals surface area (Å²) in [5.41, 5.74) is 0.572. The molecule has 0 saturated heterocycles. The zero-order chi connectivity index (χ0) is 14.5. The smallest absolute Gasteiger partial charge is 0.254 e. The minimum absolute atomic E-state index is 0.0431. The Bertz CT molecular complexity index is 471. The van der Waals surface area contributed by atoms with Gasteiger partial charge in [-0.1, -0.05) is 18.2 Å². The lowest BCUT2D eigenvalue weighted by Gasteiger charge is -2.25. The maximum atomic E-state index is 12.2. The van der Waals surface area contributed by atoms with Crippen LogP contribution in [0.2, 0.25) is 0 Å². The van der Waals surface area contributed by atoms with Crippen molar-refractivity contribution in [3.63, 3.8) is 0 Å². The molecular weight excluding hydrogens is 256 g/mol. The van der Waals surface area contributed by atoms with E-state index in [1.54, 1.807) is 36.2 Å². The lowest BCUT2D eigenvalue weighted by Crippen LogP contribution is -2.43. The fraction of sp³-hybridized carbons (Fsp3) is 0.467. The van der Waals surface area contributed by atoms with Crippen molar-refractivity contribution in [1.82, 2.24) is 9.80 Å². The van der Waals surface area contributed by atoms with Crippen molar-refractivity contribution in [2.45, 2.75) is 18.9 Å². The molecule has 2 amide bonds. The van der Waals surface area contributed by atoms with Crippen molar-refractivity contribution in [3.8, 4) is 0 Å². The van der Waals surface area contributed by atoms with Crippen molar-refractivity contribution in [1.29, 1.82) is 0 Å². The van der Waals surface area contributed by atoms with Gasteiger partial charge in [0.15, 0.2) is 0 Å². The molecule has 5 nitrogen and oxygen atoms in total. The number of amides is 2. The van der Waals surface area contributed by atoms with E-state index in [0.717, 1.165) is 12.8 Å². The number of aliphatic hydroxyl groups excluding tert-OH is 1. The average molecular weight is 276 g/mol. The molecule has 1 aromatic carbocycles. The van der Waals surface area contributed by atoms with Gasteiger partial charge in [0.25, 0.3) is 5.91 Å². The van der Waals surface area contributed by atoms with Crippen LogP contribution in [0.4, 0.5) is 0 Å². The Morgan fingerprint density at radius 2 is 1.90 bits per heavy atom. The molecule has 1 saturated carbocycles. The molecule has 0 spiro atoms. The van der Waals surface area contributed by atoms with E-state index in [4.69, 9.17) is 5.11 Å². The minimum Gasteiger partial charge on any atom is -0.395 e. The molecule has 1 fully saturated rings. The summed E-state index contributed by atoms with van der Waals surface area (Å²) < 4.78 is 0. The molecule has 20 heavy (non-hydrogen) atoms. The highest BCUT2D eigenvalue weighted by molar-refractivity contribution is 5.96. The summed E-state index contributed by atoms with van der Waals surface area (Å²) in [6.45, 7) is 0.347. The van der Waals surface area contributed by atoms with Gasteiger partial charge in [-0.3, -0.25) is 9.59 Å². The highest BCUT2D eigenvalue weighted by Crippen LogP contribution is 2.26. The second kappa shape index (κ2) is 6.52. The highest BCUT2D eigenvalue weighted by atomic mass is 16.3. The number of aliphatic hydroxyl groups is 1. The zero-order valence-electron chi connectivity index (χ0n) is 11.7. The third-order valence-corrected chi connectivity index (χ3v) is 3.39. The summed E-state index contributed by atoms with van der Waals surface area (Å²) in [6, 6.07) is 9.15. The number of hydrogen-bond donors (Lipinski definition) is 1. The molecule has 0 unspecified atom stereocenters. The molecular formula is C15H20N2O3. The van der Waals surface area contributed by atoms with Crippen LogP contribution in [0.3, 0.4) is 0 Å². The van der Waals surface area contributed by atoms with Crippen molar-refractivity contribution in [2.75, 3.05) is 26.7 Å². The average Bonchev–Trinajstić information content (AvgIpc) is 3.29. The monoisotopic (exact) mass is 276 g/mol. The summed E-state index contributed by atoms with van der Waals surface area (Å²) in [7, 11) is 1.62. The first kappa shape index (κ1) is 14.5. The SMILES string of the molecule is CN(CC(=O)N(CCO)C1CC1)C(=O)c1ccccc1. The summed E-state index contributed by atoms with van der Waals surface area (Å²) >= 11 is 0. The highest BCUT2D eigenvalue weighted by Gasteiger charge is 2.32. The molecule has 5 heteroatoms. The van der Waals surface area contributed by atoms with Gasteiger partial charge in [-0.05, 0) is 25.0 Å². The van der Waals surface area contributed by atoms with Gasteiger partial charge in [0, 0.05) is 25.2 Å². The number of nitrogens with zero attached hydrogens (tertiary/aromatic N) is 2. The first-order chi connectivity index (χ1) is 9.63. The van der Waals surface area contributed by atoms with E-state index >= 15 is 0 Å². The van der Waals surface area contributed by atoms with Crippen molar-refractivity contribution in [2.24, 2.45) is 0 Å². The summed E-state index contributed by atoms with van der Waals surface area (Å²) in [5, 5.41) is 9.01. The standard InChI is InChI=1S/C15H20N2O3/c1-16(15(20)12-5-3-2-4-6-12)11-14(19)17(9-10-18)13-7-8-13/h2-6,13,18H,7-11H2,1H3. The Hall–Kier alpha value is -1.88. The number of carbonyl (C=O) groups excluding carboxylic acids is 2. The summed E-state index contributed by atoms with van der Waals surface area (Å²) in [6.07, 6.45) is 1.98. The maximum Gasteiger partial charge on any atom is 0.254 e. The van der Waals surface area contributed by atoms with Crippen LogP contribution in [0.15, 0.2) is 30.3 Å². The largest absolute Gasteiger partial charge is 0.395 e. The Kier molecular flexibility index (Phi) is 4.74. The summed E-state index contributed by atoms with van der Waals surface area (Å²) in [5.74, 6) is -0.271. The van der Waals surface area contributed by atoms with Gasteiger partial charge in [0.2, 0.25) is 5.91 Å². The van der Waals surface area contributed by atoms with Gasteiger partial charge in [-0.25, -0.2) is 0 Å². The molecule has 0 heterocycles. The van der Waals surface area contributed by atoms with Gasteiger partial charge in [-0.2, -0.15) is 0 Å². The van der Waals surface area contributed by atoms with Crippen LogP contribution in [-0.4, -0.2) is 59.5 Å². The normalized spacial score (nSPS) is 13.9. The number of benzene rings is 1. The van der Waals surface area contributed by atoms with E-state index in [1.165, 1.54) is 4.90 Å². The van der Waals surface area contributed by atoms with E-state index in [1.807, 2.05) is 6.07 Å². The number of carbonyl (C=O) groups is 2. The molecule has 0 aliphatic heterocycles. The second-order valence-electron chi connectivity index (χ2n) is 5.07. The van der Waals surface area contributed by atoms with Crippen LogP contribution in [0.25, 0.3) is 0 Å². The van der Waals surface area contributed by atoms with Gasteiger partial charge < -0.3 is 14.9 Å². The Morgan fingerprint density at radius 1 is 1.25 bits per heavy atom. The van der Waals surface area contributed by atoms with Crippen LogP contribution >= 0.6 is 0 Å². The van der Waals surface area contributed by atoms with Crippen LogP contribution in [0.1, 0.15) is 23.2 Å². The molecule has 1 aliphatic rings. The molecule has 1 aromatic rings. The van der Waals surface area contributed by atoms with Gasteiger partial charge in [0.1, 0.15) is 0 Å². The first-order valence-corrected chi connectivity index (χ1v) is 6.84. The van der Waals surface area contributed by atoms with E-state index < -0.39 is 0 Å². The van der Waals surface area contributed by atoms with Gasteiger partial charge in [-0.15, -0.1) is 0 Å². The lowest BCUT2D eigenvalue weighted by atomic mass is 10.2. The fourth-order valence-corrected chi connectivity index (χ4v) is 2.17. The van der Waals surface area contributed by atoms with Gasteiger partial charge >= 0.3 is 0 Å². The Morgan fingerprint density at radius 3 is 2.45 bits per heavy atom. The quantitative estimate of drug-likeness (QED) is 0.833. The fourth-order valence-electron chi connectivity index (χ4n) is 2.17. The Labute approximate surface area is 118 Å². The van der Waals surface area contributed by atoms with E-state index in [-0.39, 0.29) is 31.0 Å². The summed E-state index contributed by atoms with van der Waals surface area (Å²) in [4.78, 5) is 27.4. The zero-order valence-corrected chi connectivity index (χ0v) is 11.7. The van der Waals surface area contributed by atoms with Crippen LogP contribution in [-0.2, 0) is 4.79 Å². The van der Waals surface area contributed by atoms with E-state index in [0.29, 0.717) is 12.1 Å². The predicted molar refractivity (Wildman–Crippen MR) is 75.2 cm³/mol. The topological polar surface area (TPSA) is 60.9 Å². The Balaban J connectivity index is 1.94. The molecule has 0 atom stereocenters. The lowest BCUT2D eigenvalue weighted by molar-refractivity contribution is -0.132. The van der Waals surface area contributed by atoms with Crippen LogP contribution < -0.4 is 0 Å². The van der Waals surface area contributed by atoms with Crippen LogP contribution in [0.5, 0.6) is 0 Å². The van der Waals surface area contributed by atoms with Crippen molar-refractivity contribution in [3.05, 3.63) is 35.9 Å². The van der Waals surface area contributed by atoms with Crippen LogP contribution in [0, 0.1) is 0 Å². The predicted octanol–water partition coefficient (Wildman–Crippen LogP) is 0.742. The third kappa shape index (κ3) is 3.57. The van der Waals surface area contributed by atoms with E-state index in [9.17, 15) is 9.59 Å². The number of rotatable bonds is 6. The minimum atomic E-state index is -0.168. The number of hydrogen-bond acceptors (Lipinski definition) is 3. The van der Waals surface area contributed by atoms with Gasteiger partial charge in [0.05, 0.1) is 13.2 Å². The molecule has 1 aliphatic carbocycles. The van der Waals surface area contributed by atoms with E-state index in [2.05, 4.69) is 0 Å². The third-order valence-electron chi connectivity index (χ3n) is 3.39. The molecule has 0 radical (unpaired) electrons. The molecule has 0 bridgehead atoms. The maximum absolute atomic E-state index is 12.2. The number of likely N-dealkylation sites (N-methyl/N-ethyl adjacent to an activating group) is 1. The molecule has 2 rings (SSSR count).